The predicted molar refractivity (Wildman–Crippen MR) is 136 cm³/mol. The standard InChI is InChI=1S/C31H26NO2/c1-32-16-14-24(15-17-32)29(20-30(33)27-12-10-22-6-2-4-8-25(22)18-27)21-31(34)28-13-11-23-7-3-5-9-26(23)19-28/h2-19,29H,20-21H2,1H3/q+1. The Morgan fingerprint density at radius 2 is 1.06 bits per heavy atom. The monoisotopic (exact) mass is 444 g/mol. The van der Waals surface area contributed by atoms with Gasteiger partial charge in [-0.05, 0) is 45.2 Å². The summed E-state index contributed by atoms with van der Waals surface area (Å²) < 4.78 is 1.96. The summed E-state index contributed by atoms with van der Waals surface area (Å²) in [7, 11) is 1.96. The minimum Gasteiger partial charge on any atom is -0.294 e. The second-order valence-electron chi connectivity index (χ2n) is 8.87. The Hall–Kier alpha value is -4.11. The van der Waals surface area contributed by atoms with Gasteiger partial charge in [0.15, 0.2) is 24.0 Å². The Morgan fingerprint density at radius 3 is 1.53 bits per heavy atom. The maximum absolute atomic E-state index is 13.3. The molecule has 0 radical (unpaired) electrons. The van der Waals surface area contributed by atoms with Crippen LogP contribution in [0.5, 0.6) is 0 Å². The molecular formula is C31H26NO2+. The van der Waals surface area contributed by atoms with Gasteiger partial charge in [0.25, 0.3) is 0 Å². The Kier molecular flexibility index (Phi) is 6.01. The van der Waals surface area contributed by atoms with Crippen molar-refractivity contribution in [3.63, 3.8) is 0 Å². The highest BCUT2D eigenvalue weighted by Crippen LogP contribution is 2.28. The summed E-state index contributed by atoms with van der Waals surface area (Å²) in [5.74, 6) is -0.0928. The first kappa shape index (κ1) is 21.7. The molecule has 0 aliphatic carbocycles. The molecule has 5 rings (SSSR count). The molecule has 0 fully saturated rings. The number of nitrogens with zero attached hydrogens (tertiary/aromatic N) is 1. The zero-order valence-electron chi connectivity index (χ0n) is 19.1. The molecule has 1 heterocycles. The zero-order chi connectivity index (χ0) is 23.5. The molecule has 0 unspecified atom stereocenters. The first-order valence-electron chi connectivity index (χ1n) is 11.6. The number of aryl methyl sites for hydroxylation is 1. The van der Waals surface area contributed by atoms with Crippen LogP contribution in [0.15, 0.2) is 109 Å². The number of carbonyl (C=O) groups excluding carboxylic acids is 2. The van der Waals surface area contributed by atoms with E-state index < -0.39 is 0 Å². The lowest BCUT2D eigenvalue weighted by Crippen LogP contribution is -2.26. The number of aromatic nitrogens is 1. The summed E-state index contributed by atoms with van der Waals surface area (Å²) in [5.41, 5.74) is 2.37. The predicted octanol–water partition coefficient (Wildman–Crippen LogP) is 6.45. The highest BCUT2D eigenvalue weighted by atomic mass is 16.1. The third kappa shape index (κ3) is 4.65. The summed E-state index contributed by atoms with van der Waals surface area (Å²) in [6.45, 7) is 0. The SMILES string of the molecule is C[n+]1ccc(C(CC(=O)c2ccc3ccccc3c2)CC(=O)c2ccc3ccccc3c2)cc1. The molecule has 4 aromatic carbocycles. The van der Waals surface area contributed by atoms with E-state index in [4.69, 9.17) is 0 Å². The van der Waals surface area contributed by atoms with E-state index in [0.717, 1.165) is 27.1 Å². The van der Waals surface area contributed by atoms with Crippen molar-refractivity contribution in [2.45, 2.75) is 18.8 Å². The van der Waals surface area contributed by atoms with Crippen LogP contribution in [-0.4, -0.2) is 11.6 Å². The number of fused-ring (bicyclic) bond motifs is 2. The molecule has 1 aromatic heterocycles. The molecule has 166 valence electrons. The van der Waals surface area contributed by atoms with E-state index in [1.165, 1.54) is 0 Å². The van der Waals surface area contributed by atoms with Crippen molar-refractivity contribution < 1.29 is 14.2 Å². The second kappa shape index (κ2) is 9.40. The van der Waals surface area contributed by atoms with Crippen molar-refractivity contribution in [2.75, 3.05) is 0 Å². The van der Waals surface area contributed by atoms with Crippen molar-refractivity contribution in [2.24, 2.45) is 7.05 Å². The van der Waals surface area contributed by atoms with Gasteiger partial charge >= 0.3 is 0 Å². The topological polar surface area (TPSA) is 38.0 Å². The van der Waals surface area contributed by atoms with Gasteiger partial charge in [0.05, 0.1) is 0 Å². The molecule has 0 atom stereocenters. The van der Waals surface area contributed by atoms with Crippen LogP contribution >= 0.6 is 0 Å². The lowest BCUT2D eigenvalue weighted by molar-refractivity contribution is -0.671. The van der Waals surface area contributed by atoms with Gasteiger partial charge in [0.2, 0.25) is 0 Å². The number of rotatable bonds is 7. The van der Waals surface area contributed by atoms with Crippen LogP contribution in [0.4, 0.5) is 0 Å². The van der Waals surface area contributed by atoms with E-state index >= 15 is 0 Å². The molecule has 0 N–H and O–H groups in total. The van der Waals surface area contributed by atoms with Crippen molar-refractivity contribution in [1.29, 1.82) is 0 Å². The maximum atomic E-state index is 13.3. The number of Topliss-reactive ketones (excluding diaryl/α,β-unsaturated/α-hetero) is 2. The lowest BCUT2D eigenvalue weighted by atomic mass is 9.86. The van der Waals surface area contributed by atoms with Crippen molar-refractivity contribution >= 4 is 33.1 Å². The Balaban J connectivity index is 1.42. The maximum Gasteiger partial charge on any atom is 0.168 e. The quantitative estimate of drug-likeness (QED) is 0.214. The van der Waals surface area contributed by atoms with Gasteiger partial charge in [-0.15, -0.1) is 0 Å². The fourth-order valence-electron chi connectivity index (χ4n) is 4.50. The van der Waals surface area contributed by atoms with Gasteiger partial charge in [-0.1, -0.05) is 72.8 Å². The zero-order valence-corrected chi connectivity index (χ0v) is 19.1. The summed E-state index contributed by atoms with van der Waals surface area (Å²) in [5, 5.41) is 4.31. The van der Waals surface area contributed by atoms with Crippen LogP contribution < -0.4 is 4.57 Å². The van der Waals surface area contributed by atoms with Gasteiger partial charge in [-0.3, -0.25) is 9.59 Å². The minimum atomic E-state index is -0.195. The summed E-state index contributed by atoms with van der Waals surface area (Å²) in [6.07, 6.45) is 4.49. The van der Waals surface area contributed by atoms with Gasteiger partial charge in [-0.2, -0.15) is 0 Å². The summed E-state index contributed by atoms with van der Waals surface area (Å²) >= 11 is 0. The summed E-state index contributed by atoms with van der Waals surface area (Å²) in [4.78, 5) is 26.6. The number of pyridine rings is 1. The Bertz CT molecular complexity index is 1410. The molecule has 0 saturated carbocycles. The van der Waals surface area contributed by atoms with Crippen molar-refractivity contribution in [3.05, 3.63) is 126 Å². The van der Waals surface area contributed by atoms with Crippen molar-refractivity contribution in [1.82, 2.24) is 0 Å². The second-order valence-corrected chi connectivity index (χ2v) is 8.87. The Morgan fingerprint density at radius 1 is 0.618 bits per heavy atom. The minimum absolute atomic E-state index is 0.0512. The van der Waals surface area contributed by atoms with Crippen LogP contribution in [0.3, 0.4) is 0 Å². The van der Waals surface area contributed by atoms with Gasteiger partial charge in [0.1, 0.15) is 7.05 Å². The third-order valence-corrected chi connectivity index (χ3v) is 6.48. The van der Waals surface area contributed by atoms with Gasteiger partial charge in [0, 0.05) is 36.1 Å². The molecule has 3 heteroatoms. The van der Waals surface area contributed by atoms with Crippen molar-refractivity contribution in [3.8, 4) is 0 Å². The van der Waals surface area contributed by atoms with Crippen LogP contribution in [0.1, 0.15) is 45.0 Å². The van der Waals surface area contributed by atoms with E-state index in [2.05, 4.69) is 0 Å². The third-order valence-electron chi connectivity index (χ3n) is 6.48. The average molecular weight is 445 g/mol. The fraction of sp³-hybridized carbons (Fsp3) is 0.129. The van der Waals surface area contributed by atoms with E-state index in [0.29, 0.717) is 11.1 Å². The number of carbonyl (C=O) groups is 2. The number of ketones is 2. The van der Waals surface area contributed by atoms with Crippen LogP contribution in [-0.2, 0) is 7.05 Å². The molecule has 0 saturated heterocycles. The first-order chi connectivity index (χ1) is 16.6. The van der Waals surface area contributed by atoms with E-state index in [1.54, 1.807) is 0 Å². The first-order valence-corrected chi connectivity index (χ1v) is 11.6. The molecule has 0 aliphatic rings. The number of hydrogen-bond acceptors (Lipinski definition) is 2. The smallest absolute Gasteiger partial charge is 0.168 e. The van der Waals surface area contributed by atoms with Crippen LogP contribution in [0, 0.1) is 0 Å². The molecular weight excluding hydrogens is 418 g/mol. The highest BCUT2D eigenvalue weighted by molar-refractivity contribution is 6.02. The lowest BCUT2D eigenvalue weighted by Gasteiger charge is -2.16. The van der Waals surface area contributed by atoms with E-state index in [9.17, 15) is 9.59 Å². The van der Waals surface area contributed by atoms with E-state index in [1.807, 2.05) is 121 Å². The largest absolute Gasteiger partial charge is 0.294 e. The molecule has 34 heavy (non-hydrogen) atoms. The van der Waals surface area contributed by atoms with Crippen LogP contribution in [0.25, 0.3) is 21.5 Å². The normalized spacial score (nSPS) is 11.2. The molecule has 0 aliphatic heterocycles. The molecule has 0 bridgehead atoms. The molecule has 0 spiro atoms. The number of hydrogen-bond donors (Lipinski definition) is 0. The van der Waals surface area contributed by atoms with Gasteiger partial charge < -0.3 is 0 Å². The number of benzene rings is 4. The molecule has 3 nitrogen and oxygen atoms in total. The van der Waals surface area contributed by atoms with Gasteiger partial charge in [-0.25, -0.2) is 4.57 Å². The summed E-state index contributed by atoms with van der Waals surface area (Å²) in [6, 6.07) is 31.7. The molecule has 5 aromatic rings. The Labute approximate surface area is 199 Å². The van der Waals surface area contributed by atoms with E-state index in [-0.39, 0.29) is 30.3 Å². The highest BCUT2D eigenvalue weighted by Gasteiger charge is 2.22. The average Bonchev–Trinajstić information content (AvgIpc) is 2.88. The fourth-order valence-corrected chi connectivity index (χ4v) is 4.50. The van der Waals surface area contributed by atoms with Crippen LogP contribution in [0.2, 0.25) is 0 Å². The molecule has 0 amide bonds.